The molecule has 0 unspecified atom stereocenters. The van der Waals surface area contributed by atoms with Crippen LogP contribution in [0, 0.1) is 5.82 Å². The van der Waals surface area contributed by atoms with Gasteiger partial charge in [-0.15, -0.1) is 0 Å². The first-order valence-corrected chi connectivity index (χ1v) is 7.28. The lowest BCUT2D eigenvalue weighted by Crippen LogP contribution is -2.22. The predicted molar refractivity (Wildman–Crippen MR) is 87.7 cm³/mol. The van der Waals surface area contributed by atoms with Gasteiger partial charge in [0.2, 0.25) is 0 Å². The maximum Gasteiger partial charge on any atom is 0.296 e. The summed E-state index contributed by atoms with van der Waals surface area (Å²) in [6.45, 7) is 0. The Labute approximate surface area is 140 Å². The van der Waals surface area contributed by atoms with Gasteiger partial charge in [0.05, 0.1) is 5.56 Å². The number of ketones is 1. The molecule has 0 saturated heterocycles. The molecule has 1 amide bonds. The number of H-pyrrole nitrogens is 1. The molecule has 0 bridgehead atoms. The molecule has 1 heterocycles. The van der Waals surface area contributed by atoms with Gasteiger partial charge in [0.15, 0.2) is 0 Å². The van der Waals surface area contributed by atoms with Crippen LogP contribution in [0.4, 0.5) is 10.1 Å². The minimum atomic E-state index is -0.867. The molecule has 4 nitrogen and oxygen atoms in total. The minimum Gasteiger partial charge on any atom is -0.360 e. The number of aromatic nitrogens is 1. The second-order valence-corrected chi connectivity index (χ2v) is 5.71. The number of nitrogens with one attached hydrogen (secondary N) is 2. The molecule has 0 radical (unpaired) electrons. The lowest BCUT2D eigenvalue weighted by atomic mass is 10.1. The summed E-state index contributed by atoms with van der Waals surface area (Å²) in [5.74, 6) is -2.15. The Kier molecular flexibility index (Phi) is 4.07. The number of rotatable bonds is 3. The lowest BCUT2D eigenvalue weighted by Gasteiger charge is -2.05. The molecule has 0 aliphatic rings. The van der Waals surface area contributed by atoms with Gasteiger partial charge in [0.1, 0.15) is 5.82 Å². The third-order valence-electron chi connectivity index (χ3n) is 3.22. The molecule has 116 valence electrons. The van der Waals surface area contributed by atoms with Crippen molar-refractivity contribution in [3.63, 3.8) is 0 Å². The molecule has 0 saturated carbocycles. The molecule has 0 spiro atoms. The van der Waals surface area contributed by atoms with Crippen LogP contribution in [0.25, 0.3) is 10.9 Å². The molecule has 1 aromatic heterocycles. The second kappa shape index (κ2) is 6.02. The summed E-state index contributed by atoms with van der Waals surface area (Å²) < 4.78 is 13.3. The number of carbonyl (C=O) groups is 2. The van der Waals surface area contributed by atoms with E-state index < -0.39 is 17.5 Å². The van der Waals surface area contributed by atoms with Gasteiger partial charge < -0.3 is 10.3 Å². The fraction of sp³-hybridized carbons (Fsp3) is 0. The third kappa shape index (κ3) is 3.21. The van der Waals surface area contributed by atoms with Crippen molar-refractivity contribution >= 4 is 51.5 Å². The fourth-order valence-corrected chi connectivity index (χ4v) is 2.74. The molecule has 0 aliphatic heterocycles. The number of benzene rings is 2. The Morgan fingerprint density at radius 3 is 2.43 bits per heavy atom. The van der Waals surface area contributed by atoms with Gasteiger partial charge >= 0.3 is 0 Å². The lowest BCUT2D eigenvalue weighted by molar-refractivity contribution is -0.112. The first-order valence-electron chi connectivity index (χ1n) is 6.52. The first kappa shape index (κ1) is 15.5. The molecule has 7 heteroatoms. The van der Waals surface area contributed by atoms with E-state index in [4.69, 9.17) is 23.2 Å². The number of Topliss-reactive ketones (excluding diaryl/α,β-unsaturated/α-hetero) is 1. The van der Waals surface area contributed by atoms with E-state index in [1.165, 1.54) is 42.6 Å². The number of hydrogen-bond donors (Lipinski definition) is 2. The summed E-state index contributed by atoms with van der Waals surface area (Å²) in [4.78, 5) is 27.2. The largest absolute Gasteiger partial charge is 0.360 e. The number of carbonyl (C=O) groups excluding carboxylic acids is 2. The Morgan fingerprint density at radius 1 is 1.04 bits per heavy atom. The zero-order chi connectivity index (χ0) is 16.6. The number of amides is 1. The van der Waals surface area contributed by atoms with Gasteiger partial charge in [-0.3, -0.25) is 9.59 Å². The Balaban J connectivity index is 1.89. The Bertz CT molecular complexity index is 917. The van der Waals surface area contributed by atoms with Gasteiger partial charge in [0, 0.05) is 32.8 Å². The average Bonchev–Trinajstić information content (AvgIpc) is 2.88. The fourth-order valence-electron chi connectivity index (χ4n) is 2.22. The summed E-state index contributed by atoms with van der Waals surface area (Å²) in [5.41, 5.74) is 0.949. The molecule has 3 aromatic rings. The summed E-state index contributed by atoms with van der Waals surface area (Å²) in [7, 11) is 0. The highest BCUT2D eigenvalue weighted by Crippen LogP contribution is 2.24. The highest BCUT2D eigenvalue weighted by Gasteiger charge is 2.20. The van der Waals surface area contributed by atoms with E-state index in [1.54, 1.807) is 0 Å². The molecule has 0 aliphatic carbocycles. The van der Waals surface area contributed by atoms with E-state index >= 15 is 0 Å². The van der Waals surface area contributed by atoms with Gasteiger partial charge in [-0.1, -0.05) is 23.2 Å². The van der Waals surface area contributed by atoms with Crippen molar-refractivity contribution in [3.8, 4) is 0 Å². The van der Waals surface area contributed by atoms with Crippen molar-refractivity contribution in [1.29, 1.82) is 0 Å². The van der Waals surface area contributed by atoms with Crippen LogP contribution >= 0.6 is 23.2 Å². The quantitative estimate of drug-likeness (QED) is 0.542. The van der Waals surface area contributed by atoms with Crippen LogP contribution in [0.15, 0.2) is 42.6 Å². The number of anilines is 1. The molecule has 3 rings (SSSR count). The van der Waals surface area contributed by atoms with Gasteiger partial charge in [-0.25, -0.2) is 4.39 Å². The molecular formula is C16H9Cl2FN2O2. The van der Waals surface area contributed by atoms with E-state index in [0.29, 0.717) is 26.6 Å². The van der Waals surface area contributed by atoms with E-state index in [-0.39, 0.29) is 5.56 Å². The molecule has 2 aromatic carbocycles. The smallest absolute Gasteiger partial charge is 0.296 e. The van der Waals surface area contributed by atoms with Crippen molar-refractivity contribution in [1.82, 2.24) is 4.98 Å². The monoisotopic (exact) mass is 350 g/mol. The summed E-state index contributed by atoms with van der Waals surface area (Å²) in [6, 6.07) is 8.39. The van der Waals surface area contributed by atoms with Crippen molar-refractivity contribution in [2.24, 2.45) is 0 Å². The summed E-state index contributed by atoms with van der Waals surface area (Å²) in [6.07, 6.45) is 1.37. The number of fused-ring (bicyclic) bond motifs is 1. The van der Waals surface area contributed by atoms with Crippen molar-refractivity contribution < 1.29 is 14.0 Å². The van der Waals surface area contributed by atoms with Crippen LogP contribution in [0.5, 0.6) is 0 Å². The Morgan fingerprint density at radius 2 is 1.74 bits per heavy atom. The van der Waals surface area contributed by atoms with Crippen LogP contribution in [-0.4, -0.2) is 16.7 Å². The minimum absolute atomic E-state index is 0.0881. The highest BCUT2D eigenvalue weighted by atomic mass is 35.5. The molecule has 2 N–H and O–H groups in total. The maximum absolute atomic E-state index is 13.3. The average molecular weight is 351 g/mol. The molecule has 23 heavy (non-hydrogen) atoms. The predicted octanol–water partition coefficient (Wildman–Crippen LogP) is 4.44. The normalized spacial score (nSPS) is 10.7. The van der Waals surface area contributed by atoms with Crippen LogP contribution < -0.4 is 5.32 Å². The molecular weight excluding hydrogens is 342 g/mol. The number of hydrogen-bond acceptors (Lipinski definition) is 2. The zero-order valence-corrected chi connectivity index (χ0v) is 13.0. The van der Waals surface area contributed by atoms with Crippen molar-refractivity contribution in [3.05, 3.63) is 64.0 Å². The Hall–Kier alpha value is -2.37. The molecule has 0 fully saturated rings. The van der Waals surface area contributed by atoms with Crippen LogP contribution in [0.3, 0.4) is 0 Å². The van der Waals surface area contributed by atoms with E-state index in [9.17, 15) is 14.0 Å². The van der Waals surface area contributed by atoms with Crippen LogP contribution in [0.1, 0.15) is 10.4 Å². The second-order valence-electron chi connectivity index (χ2n) is 4.83. The number of aromatic amines is 1. The van der Waals surface area contributed by atoms with Crippen molar-refractivity contribution in [2.75, 3.05) is 5.32 Å². The maximum atomic E-state index is 13.3. The first-order chi connectivity index (χ1) is 10.9. The van der Waals surface area contributed by atoms with Gasteiger partial charge in [-0.05, 0) is 36.4 Å². The summed E-state index contributed by atoms with van der Waals surface area (Å²) >= 11 is 11.7. The van der Waals surface area contributed by atoms with Gasteiger partial charge in [0.25, 0.3) is 11.7 Å². The van der Waals surface area contributed by atoms with Crippen LogP contribution in [-0.2, 0) is 4.79 Å². The zero-order valence-electron chi connectivity index (χ0n) is 11.5. The summed E-state index contributed by atoms with van der Waals surface area (Å²) in [5, 5.41) is 3.42. The third-order valence-corrected chi connectivity index (χ3v) is 3.65. The standard InChI is InChI=1S/C16H9Cl2FN2O2/c17-8-3-9(18)5-11(4-8)21-16(23)15(22)13-7-20-14-2-1-10(19)6-12(13)14/h1-7,20H,(H,21,23). The molecule has 0 atom stereocenters. The van der Waals surface area contributed by atoms with Crippen LogP contribution in [0.2, 0.25) is 10.0 Å². The van der Waals surface area contributed by atoms with Gasteiger partial charge in [-0.2, -0.15) is 0 Å². The van der Waals surface area contributed by atoms with E-state index in [1.807, 2.05) is 0 Å². The topological polar surface area (TPSA) is 62.0 Å². The highest BCUT2D eigenvalue weighted by molar-refractivity contribution is 6.48. The van der Waals surface area contributed by atoms with E-state index in [0.717, 1.165) is 0 Å². The van der Waals surface area contributed by atoms with Crippen molar-refractivity contribution in [2.45, 2.75) is 0 Å². The SMILES string of the molecule is O=C(Nc1cc(Cl)cc(Cl)c1)C(=O)c1c[nH]c2ccc(F)cc12. The number of halogens is 3. The van der Waals surface area contributed by atoms with E-state index in [2.05, 4.69) is 10.3 Å².